The van der Waals surface area contributed by atoms with Crippen molar-refractivity contribution in [3.63, 3.8) is 0 Å². The van der Waals surface area contributed by atoms with Crippen molar-refractivity contribution in [1.29, 1.82) is 0 Å². The van der Waals surface area contributed by atoms with Gasteiger partial charge in [0.15, 0.2) is 17.3 Å². The van der Waals surface area contributed by atoms with Gasteiger partial charge in [-0.25, -0.2) is 0 Å². The number of hydrogen-bond donors (Lipinski definition) is 8. The minimum Gasteiger partial charge on any atom is -0.481 e. The van der Waals surface area contributed by atoms with E-state index in [1.807, 2.05) is 20.8 Å². The molecular weight excluding hydrogens is 839 g/mol. The lowest BCUT2D eigenvalue weighted by molar-refractivity contribution is -0.137. The molecule has 0 aliphatic rings. The lowest BCUT2D eigenvalue weighted by Gasteiger charge is -2.31. The zero-order chi connectivity index (χ0) is 45.0. The highest BCUT2D eigenvalue weighted by atomic mass is 33.1. The topological polar surface area (TPSA) is 244 Å². The van der Waals surface area contributed by atoms with Gasteiger partial charge in [-0.05, 0) is 65.8 Å². The fraction of sp³-hybridized carbons (Fsp3) is 0.857. The van der Waals surface area contributed by atoms with E-state index in [0.29, 0.717) is 56.8 Å². The van der Waals surface area contributed by atoms with Crippen LogP contribution >= 0.6 is 40.1 Å². The highest BCUT2D eigenvalue weighted by Gasteiger charge is 2.31. The van der Waals surface area contributed by atoms with Crippen LogP contribution in [0.15, 0.2) is 4.99 Å². The number of ketones is 1. The maximum absolute atomic E-state index is 13.6. The predicted molar refractivity (Wildman–Crippen MR) is 260 cm³/mol. The summed E-state index contributed by atoms with van der Waals surface area (Å²) in [4.78, 5) is 64.9. The van der Waals surface area contributed by atoms with Crippen LogP contribution < -0.4 is 38.5 Å². The molecule has 0 bridgehead atoms. The van der Waals surface area contributed by atoms with E-state index in [4.69, 9.17) is 22.3 Å². The van der Waals surface area contributed by atoms with Crippen molar-refractivity contribution in [1.82, 2.24) is 21.3 Å². The fourth-order valence-electron chi connectivity index (χ4n) is 6.80. The lowest BCUT2D eigenvalue weighted by Crippen LogP contribution is -2.55. The summed E-state index contributed by atoms with van der Waals surface area (Å²) >= 11 is 0. The van der Waals surface area contributed by atoms with Crippen molar-refractivity contribution >= 4 is 75.1 Å². The van der Waals surface area contributed by atoms with E-state index < -0.39 is 29.5 Å². The Morgan fingerprint density at radius 2 is 1.17 bits per heavy atom. The Kier molecular flexibility index (Phi) is 37.0. The molecule has 2 amide bonds. The Labute approximate surface area is 375 Å². The van der Waals surface area contributed by atoms with Crippen LogP contribution in [0.2, 0.25) is 0 Å². The van der Waals surface area contributed by atoms with Gasteiger partial charge in [-0.2, -0.15) is 0 Å². The summed E-state index contributed by atoms with van der Waals surface area (Å²) in [6.07, 6.45) is 22.8. The molecule has 0 aliphatic heterocycles. The van der Waals surface area contributed by atoms with E-state index in [1.165, 1.54) is 92.2 Å². The molecule has 0 radical (unpaired) electrons. The van der Waals surface area contributed by atoms with E-state index in [1.54, 1.807) is 0 Å². The van der Waals surface area contributed by atoms with Crippen molar-refractivity contribution < 1.29 is 29.1 Å². The second kappa shape index (κ2) is 38.0. The third kappa shape index (κ3) is 37.1. The van der Waals surface area contributed by atoms with Crippen LogP contribution in [0.5, 0.6) is 0 Å². The summed E-state index contributed by atoms with van der Waals surface area (Å²) in [5, 5.41) is 21.6. The van der Waals surface area contributed by atoms with E-state index in [-0.39, 0.29) is 41.4 Å². The van der Waals surface area contributed by atoms with Crippen LogP contribution in [0.1, 0.15) is 168 Å². The van der Waals surface area contributed by atoms with Gasteiger partial charge >= 0.3 is 5.97 Å². The molecule has 0 aromatic carbocycles. The molecular formula is C42H84N8O6P2S2. The van der Waals surface area contributed by atoms with Crippen LogP contribution in [-0.4, -0.2) is 101 Å². The molecule has 0 spiro atoms. The smallest absolute Gasteiger partial charge is 0.303 e. The number of hydrogen-bond acceptors (Lipinski definition) is 11. The molecule has 0 aliphatic carbocycles. The normalized spacial score (nSPS) is 13.6. The first-order chi connectivity index (χ1) is 28.5. The maximum Gasteiger partial charge on any atom is 0.303 e. The highest BCUT2D eigenvalue weighted by Crippen LogP contribution is 2.25. The Bertz CT molecular complexity index is 1220. The van der Waals surface area contributed by atoms with E-state index in [9.17, 15) is 24.0 Å². The molecule has 0 aromatic rings. The number of primary amides is 1. The zero-order valence-electron chi connectivity index (χ0n) is 37.2. The van der Waals surface area contributed by atoms with Gasteiger partial charge in [-0.3, -0.25) is 34.3 Å². The first kappa shape index (κ1) is 58.5. The van der Waals surface area contributed by atoms with Gasteiger partial charge in [0.25, 0.3) is 0 Å². The van der Waals surface area contributed by atoms with Gasteiger partial charge in [0.05, 0.1) is 18.1 Å². The van der Waals surface area contributed by atoms with Crippen LogP contribution in [0.3, 0.4) is 0 Å². The highest BCUT2D eigenvalue weighted by molar-refractivity contribution is 8.76. The third-order valence-corrected chi connectivity index (χ3v) is 13.1. The molecule has 0 rings (SSSR count). The Balaban J connectivity index is 4.36. The summed E-state index contributed by atoms with van der Waals surface area (Å²) in [6, 6.07) is -1.41. The van der Waals surface area contributed by atoms with Crippen molar-refractivity contribution in [3.05, 3.63) is 0 Å². The molecule has 14 nitrogen and oxygen atoms in total. The lowest BCUT2D eigenvalue weighted by atomic mass is 9.91. The van der Waals surface area contributed by atoms with Gasteiger partial charge in [-0.1, -0.05) is 121 Å². The quantitative estimate of drug-likeness (QED) is 0.0113. The van der Waals surface area contributed by atoms with Gasteiger partial charge in [0.1, 0.15) is 0 Å². The van der Waals surface area contributed by atoms with Crippen molar-refractivity contribution in [2.24, 2.45) is 22.2 Å². The van der Waals surface area contributed by atoms with Crippen molar-refractivity contribution in [2.45, 2.75) is 198 Å². The standard InChI is InChI=1S/C42H84N8O6P2S2/c1-32(57)49-35(40(56)58)31-60-59-30-34(39(43)55)50-42(2,3)29-36(51)33(23-22-28-48-41(44)45)46-26-20-21-27-47-37(52)24-18-16-14-12-10-8-6-4-5-7-9-11-13-15-17-19-25-38(53)54/h32-35,46,49-50H,4-31,57-58H2,1-3H3,(H2,43,55)(H,47,52)(H,53,54)(H4,44,45,48). The number of carboxylic acids is 1. The summed E-state index contributed by atoms with van der Waals surface area (Å²) in [7, 11) is 7.78. The van der Waals surface area contributed by atoms with Gasteiger partial charge in [0, 0.05) is 55.2 Å². The third-order valence-electron chi connectivity index (χ3n) is 10.1. The first-order valence-corrected chi connectivity index (χ1v) is 26.2. The molecule has 60 heavy (non-hydrogen) atoms. The molecule has 350 valence electrons. The van der Waals surface area contributed by atoms with Gasteiger partial charge in [-0.15, -0.1) is 9.24 Å². The summed E-state index contributed by atoms with van der Waals surface area (Å²) in [6.45, 7) is 7.35. The number of unbranched alkanes of at least 4 members (excludes halogenated alkanes) is 16. The predicted octanol–water partition coefficient (Wildman–Crippen LogP) is 6.14. The molecule has 0 fully saturated rings. The number of aliphatic carboxylic acids is 1. The average Bonchev–Trinajstić information content (AvgIpc) is 3.16. The van der Waals surface area contributed by atoms with E-state index in [0.717, 1.165) is 44.9 Å². The number of aliphatic imine (C=N–C) groups is 1. The second-order valence-corrected chi connectivity index (χ2v) is 20.8. The summed E-state index contributed by atoms with van der Waals surface area (Å²) in [5.41, 5.74) is 16.0. The Hall–Kier alpha value is -1.54. The largest absolute Gasteiger partial charge is 0.481 e. The van der Waals surface area contributed by atoms with Gasteiger partial charge < -0.3 is 38.3 Å². The first-order valence-electron chi connectivity index (χ1n) is 22.5. The summed E-state index contributed by atoms with van der Waals surface area (Å²) < 4.78 is 0. The number of carbonyl (C=O) groups excluding carboxylic acids is 4. The van der Waals surface area contributed by atoms with E-state index in [2.05, 4.69) is 44.7 Å². The molecule has 6 unspecified atom stereocenters. The number of nitrogens with one attached hydrogen (secondary N) is 4. The molecule has 6 atom stereocenters. The van der Waals surface area contributed by atoms with Gasteiger partial charge in [0.2, 0.25) is 11.8 Å². The monoisotopic (exact) mass is 923 g/mol. The van der Waals surface area contributed by atoms with Crippen molar-refractivity contribution in [2.75, 3.05) is 31.1 Å². The Morgan fingerprint density at radius 1 is 0.683 bits per heavy atom. The van der Waals surface area contributed by atoms with Crippen LogP contribution in [-0.2, 0) is 24.0 Å². The Morgan fingerprint density at radius 3 is 1.63 bits per heavy atom. The number of Topliss-reactive ketones (excluding diaryl/α,β-unsaturated/α-hetero) is 1. The number of amides is 2. The molecule has 0 aromatic heterocycles. The number of guanidine groups is 1. The molecule has 11 N–H and O–H groups in total. The number of rotatable bonds is 43. The van der Waals surface area contributed by atoms with Crippen molar-refractivity contribution in [3.8, 4) is 0 Å². The molecule has 18 heteroatoms. The minimum absolute atomic E-state index is 0.0114. The SMILES string of the molecule is CC(P)NC(CSSCC(NC(C)(C)CC(=O)C(CCCN=C(N)N)NCCCCNC(=O)CCCCCCCCCCCCCCCCCCC(=O)O)C(N)=O)C(=O)P. The molecule has 0 heterocycles. The second-order valence-electron chi connectivity index (χ2n) is 16.7. The number of nitrogens with zero attached hydrogens (tertiary/aromatic N) is 1. The van der Waals surface area contributed by atoms with Crippen LogP contribution in [0.25, 0.3) is 0 Å². The minimum atomic E-state index is -0.712. The average molecular weight is 923 g/mol. The van der Waals surface area contributed by atoms with Crippen LogP contribution in [0, 0.1) is 0 Å². The molecule has 0 saturated carbocycles. The summed E-state index contributed by atoms with van der Waals surface area (Å²) in [5.74, 6) is -0.0787. The van der Waals surface area contributed by atoms with Crippen LogP contribution in [0.4, 0.5) is 0 Å². The zero-order valence-corrected chi connectivity index (χ0v) is 41.2. The number of nitrogens with two attached hydrogens (primary N) is 3. The fourth-order valence-corrected chi connectivity index (χ4v) is 9.78. The molecule has 0 saturated heterocycles. The number of carbonyl (C=O) groups is 5. The number of carboxylic acid groups (broad SMARTS) is 1. The van der Waals surface area contributed by atoms with E-state index >= 15 is 0 Å². The maximum atomic E-state index is 13.6.